The molecule has 26 heavy (non-hydrogen) atoms. The van der Waals surface area contributed by atoms with Crippen LogP contribution in [0.15, 0.2) is 48.7 Å². The number of carbonyl (C=O) groups is 1. The molecule has 0 aliphatic carbocycles. The maximum atomic E-state index is 12.5. The van der Waals surface area contributed by atoms with E-state index in [1.54, 1.807) is 18.3 Å². The molecule has 0 aliphatic rings. The SMILES string of the molecule is Cc1ccc(C)c(NC(=O)c2ccnc(Nc3ccc(C)c(Cl)c3)n2)c1. The Morgan fingerprint density at radius 3 is 2.54 bits per heavy atom. The minimum atomic E-state index is -0.286. The molecule has 0 radical (unpaired) electrons. The van der Waals surface area contributed by atoms with Gasteiger partial charge in [0.25, 0.3) is 5.91 Å². The molecule has 3 aromatic rings. The summed E-state index contributed by atoms with van der Waals surface area (Å²) in [5, 5.41) is 6.61. The Balaban J connectivity index is 1.78. The number of hydrogen-bond acceptors (Lipinski definition) is 4. The van der Waals surface area contributed by atoms with Crippen molar-refractivity contribution in [1.29, 1.82) is 0 Å². The quantitative estimate of drug-likeness (QED) is 0.678. The molecule has 5 nitrogen and oxygen atoms in total. The highest BCUT2D eigenvalue weighted by Gasteiger charge is 2.11. The average Bonchev–Trinajstić information content (AvgIpc) is 2.61. The minimum Gasteiger partial charge on any atom is -0.324 e. The summed E-state index contributed by atoms with van der Waals surface area (Å²) in [6.07, 6.45) is 1.54. The maximum Gasteiger partial charge on any atom is 0.274 e. The van der Waals surface area contributed by atoms with Gasteiger partial charge in [0.15, 0.2) is 0 Å². The zero-order valence-electron chi connectivity index (χ0n) is 14.8. The van der Waals surface area contributed by atoms with E-state index in [9.17, 15) is 4.79 Å². The summed E-state index contributed by atoms with van der Waals surface area (Å²) in [6.45, 7) is 5.86. The van der Waals surface area contributed by atoms with Crippen LogP contribution in [0.25, 0.3) is 0 Å². The first kappa shape index (κ1) is 17.9. The Morgan fingerprint density at radius 2 is 1.77 bits per heavy atom. The lowest BCUT2D eigenvalue weighted by Gasteiger charge is -2.10. The van der Waals surface area contributed by atoms with E-state index in [1.807, 2.05) is 51.1 Å². The Hall–Kier alpha value is -2.92. The standard InChI is InChI=1S/C20H19ClN4O/c1-12-4-5-14(3)18(10-12)24-19(26)17-8-9-22-20(25-17)23-15-7-6-13(2)16(21)11-15/h4-11H,1-3H3,(H,24,26)(H,22,23,25). The van der Waals surface area contributed by atoms with Gasteiger partial charge in [0.1, 0.15) is 5.69 Å². The van der Waals surface area contributed by atoms with E-state index in [-0.39, 0.29) is 11.6 Å². The average molecular weight is 367 g/mol. The Bertz CT molecular complexity index is 972. The lowest BCUT2D eigenvalue weighted by molar-refractivity contribution is 0.102. The lowest BCUT2D eigenvalue weighted by atomic mass is 10.1. The molecule has 0 atom stereocenters. The third-order valence-electron chi connectivity index (χ3n) is 3.96. The monoisotopic (exact) mass is 366 g/mol. The molecule has 0 bridgehead atoms. The van der Waals surface area contributed by atoms with Gasteiger partial charge >= 0.3 is 0 Å². The van der Waals surface area contributed by atoms with Gasteiger partial charge in [-0.1, -0.05) is 29.8 Å². The molecule has 1 aromatic heterocycles. The van der Waals surface area contributed by atoms with Gasteiger partial charge in [0, 0.05) is 22.6 Å². The highest BCUT2D eigenvalue weighted by Crippen LogP contribution is 2.22. The van der Waals surface area contributed by atoms with Crippen molar-refractivity contribution in [3.05, 3.63) is 76.1 Å². The molecule has 0 fully saturated rings. The molecule has 0 aliphatic heterocycles. The van der Waals surface area contributed by atoms with Gasteiger partial charge < -0.3 is 10.6 Å². The molecule has 2 N–H and O–H groups in total. The number of anilines is 3. The molecule has 132 valence electrons. The van der Waals surface area contributed by atoms with Crippen molar-refractivity contribution in [2.45, 2.75) is 20.8 Å². The maximum absolute atomic E-state index is 12.5. The normalized spacial score (nSPS) is 10.5. The number of hydrogen-bond donors (Lipinski definition) is 2. The predicted molar refractivity (Wildman–Crippen MR) is 105 cm³/mol. The number of nitrogens with one attached hydrogen (secondary N) is 2. The molecule has 0 saturated carbocycles. The highest BCUT2D eigenvalue weighted by atomic mass is 35.5. The van der Waals surface area contributed by atoms with Gasteiger partial charge in [-0.15, -0.1) is 0 Å². The van der Waals surface area contributed by atoms with Crippen LogP contribution in [0.1, 0.15) is 27.2 Å². The van der Waals surface area contributed by atoms with E-state index >= 15 is 0 Å². The van der Waals surface area contributed by atoms with Crippen molar-refractivity contribution in [2.24, 2.45) is 0 Å². The fourth-order valence-electron chi connectivity index (χ4n) is 2.40. The summed E-state index contributed by atoms with van der Waals surface area (Å²) in [7, 11) is 0. The number of halogens is 1. The van der Waals surface area contributed by atoms with E-state index in [4.69, 9.17) is 11.6 Å². The van der Waals surface area contributed by atoms with Crippen LogP contribution in [0.3, 0.4) is 0 Å². The first-order valence-corrected chi connectivity index (χ1v) is 8.55. The fraction of sp³-hybridized carbons (Fsp3) is 0.150. The highest BCUT2D eigenvalue weighted by molar-refractivity contribution is 6.31. The first-order chi connectivity index (χ1) is 12.4. The summed E-state index contributed by atoms with van der Waals surface area (Å²) >= 11 is 6.13. The summed E-state index contributed by atoms with van der Waals surface area (Å²) in [4.78, 5) is 21.0. The second-order valence-corrected chi connectivity index (χ2v) is 6.53. The smallest absolute Gasteiger partial charge is 0.274 e. The van der Waals surface area contributed by atoms with Crippen LogP contribution >= 0.6 is 11.6 Å². The van der Waals surface area contributed by atoms with Crippen LogP contribution < -0.4 is 10.6 Å². The molecular weight excluding hydrogens is 348 g/mol. The Labute approximate surface area is 157 Å². The summed E-state index contributed by atoms with van der Waals surface area (Å²) in [5.41, 5.74) is 4.86. The Kier molecular flexibility index (Phi) is 5.19. The number of aryl methyl sites for hydroxylation is 3. The zero-order valence-corrected chi connectivity index (χ0v) is 15.6. The number of aromatic nitrogens is 2. The van der Waals surface area contributed by atoms with E-state index < -0.39 is 0 Å². The van der Waals surface area contributed by atoms with Gasteiger partial charge in [0.2, 0.25) is 5.95 Å². The lowest BCUT2D eigenvalue weighted by Crippen LogP contribution is -2.15. The van der Waals surface area contributed by atoms with Gasteiger partial charge in [0.05, 0.1) is 0 Å². The van der Waals surface area contributed by atoms with Gasteiger partial charge in [-0.3, -0.25) is 4.79 Å². The second-order valence-electron chi connectivity index (χ2n) is 6.13. The molecule has 3 rings (SSSR count). The molecular formula is C20H19ClN4O. The molecule has 6 heteroatoms. The number of nitrogens with zero attached hydrogens (tertiary/aromatic N) is 2. The number of rotatable bonds is 4. The van der Waals surface area contributed by atoms with Crippen LogP contribution in [0.2, 0.25) is 5.02 Å². The number of amides is 1. The third kappa shape index (κ3) is 4.18. The van der Waals surface area contributed by atoms with Crippen molar-refractivity contribution in [2.75, 3.05) is 10.6 Å². The second kappa shape index (κ2) is 7.54. The third-order valence-corrected chi connectivity index (χ3v) is 4.36. The van der Waals surface area contributed by atoms with Gasteiger partial charge in [-0.2, -0.15) is 0 Å². The summed E-state index contributed by atoms with van der Waals surface area (Å²) in [5.74, 6) is 0.0459. The predicted octanol–water partition coefficient (Wildman–Crippen LogP) is 5.05. The molecule has 0 unspecified atom stereocenters. The summed E-state index contributed by atoms with van der Waals surface area (Å²) in [6, 6.07) is 13.1. The molecule has 0 spiro atoms. The molecule has 1 amide bonds. The van der Waals surface area contributed by atoms with Crippen molar-refractivity contribution in [3.63, 3.8) is 0 Å². The van der Waals surface area contributed by atoms with Crippen molar-refractivity contribution >= 4 is 34.8 Å². The summed E-state index contributed by atoms with van der Waals surface area (Å²) < 4.78 is 0. The van der Waals surface area contributed by atoms with E-state index in [2.05, 4.69) is 20.6 Å². The van der Waals surface area contributed by atoms with Crippen molar-refractivity contribution in [1.82, 2.24) is 9.97 Å². The van der Waals surface area contributed by atoms with Gasteiger partial charge in [-0.05, 0) is 61.7 Å². The largest absolute Gasteiger partial charge is 0.324 e. The van der Waals surface area contributed by atoms with E-state index in [0.717, 1.165) is 28.1 Å². The van der Waals surface area contributed by atoms with Crippen LogP contribution in [-0.2, 0) is 0 Å². The van der Waals surface area contributed by atoms with Crippen LogP contribution in [-0.4, -0.2) is 15.9 Å². The van der Waals surface area contributed by atoms with Crippen LogP contribution in [0.4, 0.5) is 17.3 Å². The Morgan fingerprint density at radius 1 is 1.00 bits per heavy atom. The number of carbonyl (C=O) groups excluding carboxylic acids is 1. The molecule has 2 aromatic carbocycles. The zero-order chi connectivity index (χ0) is 18.7. The fourth-order valence-corrected chi connectivity index (χ4v) is 2.58. The van der Waals surface area contributed by atoms with Crippen molar-refractivity contribution in [3.8, 4) is 0 Å². The number of benzene rings is 2. The molecule has 1 heterocycles. The van der Waals surface area contributed by atoms with E-state index in [0.29, 0.717) is 11.0 Å². The minimum absolute atomic E-state index is 0.279. The molecule has 0 saturated heterocycles. The van der Waals surface area contributed by atoms with E-state index in [1.165, 1.54) is 0 Å². The van der Waals surface area contributed by atoms with Gasteiger partial charge in [-0.25, -0.2) is 9.97 Å². The first-order valence-electron chi connectivity index (χ1n) is 8.17. The topological polar surface area (TPSA) is 66.9 Å². The van der Waals surface area contributed by atoms with Crippen molar-refractivity contribution < 1.29 is 4.79 Å². The van der Waals surface area contributed by atoms with Crippen LogP contribution in [0, 0.1) is 20.8 Å². The van der Waals surface area contributed by atoms with Crippen LogP contribution in [0.5, 0.6) is 0 Å².